The summed E-state index contributed by atoms with van der Waals surface area (Å²) in [6.07, 6.45) is 2.52. The molecule has 0 bridgehead atoms. The Kier molecular flexibility index (Phi) is 2.17. The molecule has 0 atom stereocenters. The number of hydrogen-bond donors (Lipinski definition) is 0. The molecule has 2 heteroatoms. The van der Waals surface area contributed by atoms with Gasteiger partial charge in [0.1, 0.15) is 6.07 Å². The molecule has 72 valence electrons. The molecule has 1 aliphatic carbocycles. The van der Waals surface area contributed by atoms with Crippen LogP contribution in [0.3, 0.4) is 0 Å². The number of nitrogens with zero attached hydrogens (tertiary/aromatic N) is 2. The molecule has 1 fully saturated rings. The third-order valence-electron chi connectivity index (χ3n) is 2.81. The van der Waals surface area contributed by atoms with E-state index in [1.807, 2.05) is 12.1 Å². The molecule has 2 rings (SSSR count). The quantitative estimate of drug-likeness (QED) is 0.709. The third kappa shape index (κ3) is 1.46. The highest BCUT2D eigenvalue weighted by Gasteiger charge is 2.28. The summed E-state index contributed by atoms with van der Waals surface area (Å²) in [6, 6.07) is 8.81. The first-order chi connectivity index (χ1) is 6.74. The molecule has 0 aromatic heterocycles. The Hall–Kier alpha value is -1.49. The molecule has 1 aliphatic rings. The minimum Gasteiger partial charge on any atom is -0.370 e. The number of benzene rings is 1. The molecule has 2 nitrogen and oxygen atoms in total. The van der Waals surface area contributed by atoms with Crippen LogP contribution >= 0.6 is 0 Å². The average Bonchev–Trinajstić information content (AvgIpc) is 2.99. The van der Waals surface area contributed by atoms with Gasteiger partial charge in [-0.3, -0.25) is 0 Å². The van der Waals surface area contributed by atoms with Crippen LogP contribution in [-0.4, -0.2) is 13.1 Å². The van der Waals surface area contributed by atoms with Gasteiger partial charge in [-0.05, 0) is 31.4 Å². The largest absolute Gasteiger partial charge is 0.370 e. The maximum Gasteiger partial charge on any atom is 0.101 e. The van der Waals surface area contributed by atoms with Gasteiger partial charge in [0.05, 0.1) is 11.3 Å². The zero-order chi connectivity index (χ0) is 10.1. The molecule has 14 heavy (non-hydrogen) atoms. The second kappa shape index (κ2) is 3.34. The fourth-order valence-corrected chi connectivity index (χ4v) is 1.86. The highest BCUT2D eigenvalue weighted by molar-refractivity contribution is 5.64. The molecule has 1 saturated carbocycles. The van der Waals surface area contributed by atoms with E-state index in [1.165, 1.54) is 18.4 Å². The monoisotopic (exact) mass is 186 g/mol. The lowest BCUT2D eigenvalue weighted by Crippen LogP contribution is -2.21. The normalized spacial score (nSPS) is 14.9. The molecule has 1 aromatic rings. The van der Waals surface area contributed by atoms with E-state index < -0.39 is 0 Å². The van der Waals surface area contributed by atoms with E-state index in [9.17, 15) is 0 Å². The lowest BCUT2D eigenvalue weighted by molar-refractivity contribution is 0.909. The molecule has 0 radical (unpaired) electrons. The van der Waals surface area contributed by atoms with Crippen molar-refractivity contribution in [1.29, 1.82) is 5.26 Å². The van der Waals surface area contributed by atoms with Crippen molar-refractivity contribution in [2.24, 2.45) is 0 Å². The predicted octanol–water partition coefficient (Wildman–Crippen LogP) is 2.47. The zero-order valence-corrected chi connectivity index (χ0v) is 8.62. The number of rotatable bonds is 2. The summed E-state index contributed by atoms with van der Waals surface area (Å²) in [5.74, 6) is 0. The first-order valence-electron chi connectivity index (χ1n) is 4.96. The SMILES string of the molecule is Cc1cccc(C#N)c1N(C)C1CC1. The van der Waals surface area contributed by atoms with Crippen molar-refractivity contribution in [3.05, 3.63) is 29.3 Å². The van der Waals surface area contributed by atoms with Crippen molar-refractivity contribution in [3.63, 3.8) is 0 Å². The van der Waals surface area contributed by atoms with Crippen molar-refractivity contribution in [2.75, 3.05) is 11.9 Å². The maximum atomic E-state index is 9.02. The number of para-hydroxylation sites is 1. The average molecular weight is 186 g/mol. The van der Waals surface area contributed by atoms with Crippen LogP contribution < -0.4 is 4.90 Å². The highest BCUT2D eigenvalue weighted by Crippen LogP contribution is 2.33. The van der Waals surface area contributed by atoms with Gasteiger partial charge >= 0.3 is 0 Å². The predicted molar refractivity (Wildman–Crippen MR) is 57.3 cm³/mol. The number of nitriles is 1. The standard InChI is InChI=1S/C12H14N2/c1-9-4-3-5-10(8-13)12(9)14(2)11-6-7-11/h3-5,11H,6-7H2,1-2H3. The first kappa shape index (κ1) is 9.08. The van der Waals surface area contributed by atoms with Gasteiger partial charge < -0.3 is 4.90 Å². The van der Waals surface area contributed by atoms with Crippen LogP contribution in [0.5, 0.6) is 0 Å². The summed E-state index contributed by atoms with van der Waals surface area (Å²) in [6.45, 7) is 2.06. The Morgan fingerprint density at radius 2 is 2.14 bits per heavy atom. The van der Waals surface area contributed by atoms with Gasteiger partial charge in [-0.2, -0.15) is 5.26 Å². The van der Waals surface area contributed by atoms with Gasteiger partial charge in [0.15, 0.2) is 0 Å². The molecule has 1 aromatic carbocycles. The van der Waals surface area contributed by atoms with Crippen LogP contribution in [0.1, 0.15) is 24.0 Å². The number of aryl methyl sites for hydroxylation is 1. The Morgan fingerprint density at radius 3 is 2.71 bits per heavy atom. The molecule has 0 unspecified atom stereocenters. The lowest BCUT2D eigenvalue weighted by Gasteiger charge is -2.22. The van der Waals surface area contributed by atoms with Gasteiger partial charge in [0, 0.05) is 13.1 Å². The van der Waals surface area contributed by atoms with Crippen molar-refractivity contribution in [3.8, 4) is 6.07 Å². The van der Waals surface area contributed by atoms with Crippen LogP contribution in [0.25, 0.3) is 0 Å². The Balaban J connectivity index is 2.43. The first-order valence-corrected chi connectivity index (χ1v) is 4.96. The van der Waals surface area contributed by atoms with Crippen LogP contribution in [0.15, 0.2) is 18.2 Å². The summed E-state index contributed by atoms with van der Waals surface area (Å²) >= 11 is 0. The van der Waals surface area contributed by atoms with Crippen molar-refractivity contribution in [1.82, 2.24) is 0 Å². The molecule has 0 heterocycles. The van der Waals surface area contributed by atoms with Crippen LogP contribution in [-0.2, 0) is 0 Å². The second-order valence-electron chi connectivity index (χ2n) is 3.92. The Morgan fingerprint density at radius 1 is 1.43 bits per heavy atom. The van der Waals surface area contributed by atoms with Crippen molar-refractivity contribution < 1.29 is 0 Å². The van der Waals surface area contributed by atoms with Gasteiger partial charge in [-0.1, -0.05) is 12.1 Å². The summed E-state index contributed by atoms with van der Waals surface area (Å²) < 4.78 is 0. The molecule has 0 N–H and O–H groups in total. The summed E-state index contributed by atoms with van der Waals surface area (Å²) in [5.41, 5.74) is 3.09. The zero-order valence-electron chi connectivity index (χ0n) is 8.62. The second-order valence-corrected chi connectivity index (χ2v) is 3.92. The third-order valence-corrected chi connectivity index (χ3v) is 2.81. The molecular formula is C12H14N2. The number of anilines is 1. The van der Waals surface area contributed by atoms with Crippen LogP contribution in [0.4, 0.5) is 5.69 Å². The maximum absolute atomic E-state index is 9.02. The summed E-state index contributed by atoms with van der Waals surface area (Å²) in [5, 5.41) is 9.02. The minimum atomic E-state index is 0.656. The van der Waals surface area contributed by atoms with E-state index in [-0.39, 0.29) is 0 Å². The molecule has 0 saturated heterocycles. The Bertz CT molecular complexity index is 386. The molecule has 0 aliphatic heterocycles. The fraction of sp³-hybridized carbons (Fsp3) is 0.417. The van der Waals surface area contributed by atoms with Crippen molar-refractivity contribution in [2.45, 2.75) is 25.8 Å². The highest BCUT2D eigenvalue weighted by atomic mass is 15.2. The fourth-order valence-electron chi connectivity index (χ4n) is 1.86. The molecular weight excluding hydrogens is 172 g/mol. The summed E-state index contributed by atoms with van der Waals surface area (Å²) in [7, 11) is 2.08. The minimum absolute atomic E-state index is 0.656. The van der Waals surface area contributed by atoms with Crippen molar-refractivity contribution >= 4 is 5.69 Å². The lowest BCUT2D eigenvalue weighted by atomic mass is 10.1. The van der Waals surface area contributed by atoms with Crippen LogP contribution in [0, 0.1) is 18.3 Å². The molecule has 0 spiro atoms. The van der Waals surface area contributed by atoms with E-state index in [0.29, 0.717) is 6.04 Å². The van der Waals surface area contributed by atoms with Gasteiger partial charge in [-0.15, -0.1) is 0 Å². The topological polar surface area (TPSA) is 27.0 Å². The smallest absolute Gasteiger partial charge is 0.101 e. The molecule has 0 amide bonds. The van der Waals surface area contributed by atoms with E-state index in [2.05, 4.69) is 31.0 Å². The van der Waals surface area contributed by atoms with Crippen LogP contribution in [0.2, 0.25) is 0 Å². The van der Waals surface area contributed by atoms with Gasteiger partial charge in [-0.25, -0.2) is 0 Å². The van der Waals surface area contributed by atoms with Gasteiger partial charge in [0.25, 0.3) is 0 Å². The summed E-state index contributed by atoms with van der Waals surface area (Å²) in [4.78, 5) is 2.24. The Labute approximate surface area is 84.8 Å². The van der Waals surface area contributed by atoms with E-state index in [4.69, 9.17) is 5.26 Å². The van der Waals surface area contributed by atoms with E-state index in [0.717, 1.165) is 11.3 Å². The van der Waals surface area contributed by atoms with E-state index in [1.54, 1.807) is 0 Å². The van der Waals surface area contributed by atoms with E-state index >= 15 is 0 Å². The number of hydrogen-bond acceptors (Lipinski definition) is 2. The van der Waals surface area contributed by atoms with Gasteiger partial charge in [0.2, 0.25) is 0 Å².